The molecule has 2 aliphatic carbocycles. The van der Waals surface area contributed by atoms with Gasteiger partial charge in [-0.1, -0.05) is 128 Å². The molecule has 2 saturated heterocycles. The van der Waals surface area contributed by atoms with E-state index in [2.05, 4.69) is 155 Å². The Labute approximate surface area is 341 Å². The van der Waals surface area contributed by atoms with Crippen LogP contribution in [0, 0.1) is 17.8 Å². The summed E-state index contributed by atoms with van der Waals surface area (Å²) < 4.78 is 43.1. The molecule has 0 spiro atoms. The molecule has 308 valence electrons. The Morgan fingerprint density at radius 3 is 1.89 bits per heavy atom. The number of rotatable bonds is 13. The van der Waals surface area contributed by atoms with E-state index in [1.807, 2.05) is 13.8 Å². The van der Waals surface area contributed by atoms with Crippen LogP contribution in [0.2, 0.25) is 42.8 Å². The van der Waals surface area contributed by atoms with Crippen LogP contribution in [0.3, 0.4) is 0 Å². The lowest BCUT2D eigenvalue weighted by molar-refractivity contribution is -0.425. The lowest BCUT2D eigenvalue weighted by Crippen LogP contribution is -2.74. The van der Waals surface area contributed by atoms with Gasteiger partial charge in [-0.3, -0.25) is 4.79 Å². The van der Waals surface area contributed by atoms with Crippen LogP contribution >= 0.6 is 0 Å². The molecule has 9 atom stereocenters. The summed E-state index contributed by atoms with van der Waals surface area (Å²) in [6, 6.07) is 21.4. The highest BCUT2D eigenvalue weighted by molar-refractivity contribution is 6.99. The predicted octanol–water partition coefficient (Wildman–Crippen LogP) is 9.54. The Hall–Kier alpha value is -2.00. The normalized spacial score (nSPS) is 33.6. The molecular formula is C46H70O7Si3. The van der Waals surface area contributed by atoms with Crippen molar-refractivity contribution in [3.05, 3.63) is 85.0 Å². The molecule has 2 aromatic carbocycles. The first-order valence-corrected chi connectivity index (χ1v) is 29.0. The van der Waals surface area contributed by atoms with Crippen molar-refractivity contribution >= 4 is 41.1 Å². The zero-order chi connectivity index (χ0) is 41.5. The van der Waals surface area contributed by atoms with Gasteiger partial charge in [0, 0.05) is 25.2 Å². The van der Waals surface area contributed by atoms with Gasteiger partial charge in [0.2, 0.25) is 0 Å². The Morgan fingerprint density at radius 2 is 1.41 bits per heavy atom. The van der Waals surface area contributed by atoms with Crippen LogP contribution in [0.25, 0.3) is 0 Å². The molecule has 2 heterocycles. The van der Waals surface area contributed by atoms with Crippen LogP contribution < -0.4 is 10.4 Å². The van der Waals surface area contributed by atoms with E-state index in [4.69, 9.17) is 27.5 Å². The Bertz CT molecular complexity index is 1750. The fraction of sp³-hybridized carbons (Fsp3) is 0.630. The van der Waals surface area contributed by atoms with Crippen LogP contribution in [0.15, 0.2) is 85.0 Å². The van der Waals surface area contributed by atoms with Gasteiger partial charge in [0.15, 0.2) is 16.6 Å². The maximum absolute atomic E-state index is 14.8. The summed E-state index contributed by atoms with van der Waals surface area (Å²) in [6.45, 7) is 40.4. The van der Waals surface area contributed by atoms with Gasteiger partial charge in [-0.25, -0.2) is 0 Å². The van der Waals surface area contributed by atoms with Crippen molar-refractivity contribution in [1.29, 1.82) is 0 Å². The van der Waals surface area contributed by atoms with E-state index >= 15 is 0 Å². The van der Waals surface area contributed by atoms with Crippen molar-refractivity contribution in [2.24, 2.45) is 17.8 Å². The van der Waals surface area contributed by atoms with E-state index in [-0.39, 0.29) is 33.8 Å². The van der Waals surface area contributed by atoms with Crippen LogP contribution in [0.4, 0.5) is 0 Å². The minimum Gasteiger partial charge on any atom is -0.413 e. The molecule has 7 nitrogen and oxygen atoms in total. The van der Waals surface area contributed by atoms with Crippen molar-refractivity contribution in [3.8, 4) is 0 Å². The highest BCUT2D eigenvalue weighted by Gasteiger charge is 2.78. The SMILES string of the molecule is C=C(CO[Si](c1ccccc1)(c1ccccc1)C(C)(C)C)C[C@@H]1C(=O)C[C@H](O[Si](C)(C)C(C)(C)C)[C@H]1[C@]12OC3(C)O[C@H]([C@H]1O[Si](C)(C)C)[C@](C(=C)C)(C[C@H]2C)O3. The molecule has 4 aliphatic rings. The number of fused-ring (bicyclic) bond motifs is 2. The van der Waals surface area contributed by atoms with Crippen molar-refractivity contribution in [3.63, 3.8) is 0 Å². The smallest absolute Gasteiger partial charge is 0.281 e. The molecule has 56 heavy (non-hydrogen) atoms. The molecule has 2 aliphatic heterocycles. The minimum atomic E-state index is -2.85. The average molecular weight is 819 g/mol. The quantitative estimate of drug-likeness (QED) is 0.147. The Balaban J connectivity index is 1.44. The number of benzene rings is 2. The van der Waals surface area contributed by atoms with E-state index in [9.17, 15) is 4.79 Å². The van der Waals surface area contributed by atoms with E-state index < -0.39 is 60.3 Å². The third-order valence-corrected chi connectivity index (χ3v) is 24.1. The molecule has 6 rings (SSSR count). The fourth-order valence-corrected chi connectivity index (χ4v) is 17.3. The van der Waals surface area contributed by atoms with E-state index in [1.165, 1.54) is 10.4 Å². The fourth-order valence-electron chi connectivity index (χ4n) is 10.3. The minimum absolute atomic E-state index is 0.0598. The molecule has 0 aromatic heterocycles. The van der Waals surface area contributed by atoms with E-state index in [0.717, 1.165) is 11.1 Å². The highest BCUT2D eigenvalue weighted by atomic mass is 28.4. The maximum Gasteiger partial charge on any atom is 0.281 e. The van der Waals surface area contributed by atoms with Crippen LogP contribution in [0.5, 0.6) is 0 Å². The van der Waals surface area contributed by atoms with Gasteiger partial charge in [-0.05, 0) is 84.4 Å². The highest BCUT2D eigenvalue weighted by Crippen LogP contribution is 2.66. The van der Waals surface area contributed by atoms with Crippen molar-refractivity contribution < 1.29 is 32.3 Å². The van der Waals surface area contributed by atoms with Gasteiger partial charge in [0.25, 0.3) is 14.3 Å². The van der Waals surface area contributed by atoms with Gasteiger partial charge in [-0.2, -0.15) is 0 Å². The molecule has 4 fully saturated rings. The summed E-state index contributed by atoms with van der Waals surface area (Å²) in [5.74, 6) is -1.96. The second kappa shape index (κ2) is 14.6. The number of hydrogen-bond acceptors (Lipinski definition) is 7. The van der Waals surface area contributed by atoms with Crippen molar-refractivity contribution in [2.75, 3.05) is 6.61 Å². The van der Waals surface area contributed by atoms with Gasteiger partial charge in [-0.15, -0.1) is 0 Å². The van der Waals surface area contributed by atoms with Gasteiger partial charge < -0.3 is 27.5 Å². The molecule has 2 saturated carbocycles. The summed E-state index contributed by atoms with van der Waals surface area (Å²) in [6.07, 6.45) is 0.134. The standard InChI is InChI=1S/C46H70O7Si3/c1-31(2)45-29-33(4)46(41(51-54(12,13)14)40(45)49-44(11,52-45)53-46)39-36(37(47)28-38(39)50-55(15,16)42(5,6)7)27-32(3)30-48-56(43(8,9)10,34-23-19-17-20-24-34)35-25-21-18-22-26-35/h17-26,33,36,38-41H,1,3,27-30H2,2,4-16H3/t33-,36-,38+,39+,40-,41-,44?,45-,46+/m1/s1. The number of Topliss-reactive ketones (excluding diaryl/α,β-unsaturated/α-hetero) is 1. The van der Waals surface area contributed by atoms with Crippen LogP contribution in [-0.2, 0) is 32.3 Å². The lowest BCUT2D eigenvalue weighted by Gasteiger charge is -2.61. The molecule has 2 aromatic rings. The average Bonchev–Trinajstić information content (AvgIpc) is 3.48. The first kappa shape index (κ1) is 43.6. The van der Waals surface area contributed by atoms with Crippen LogP contribution in [-0.4, -0.2) is 72.8 Å². The second-order valence-electron chi connectivity index (χ2n) is 21.0. The molecule has 3 bridgehead atoms. The summed E-state index contributed by atoms with van der Waals surface area (Å²) in [5.41, 5.74) is 0.102. The summed E-state index contributed by atoms with van der Waals surface area (Å²) >= 11 is 0. The van der Waals surface area contributed by atoms with E-state index in [1.54, 1.807) is 0 Å². The third-order valence-electron chi connectivity index (χ3n) is 13.7. The monoisotopic (exact) mass is 818 g/mol. The number of ketones is 1. The number of carbonyl (C=O) groups excluding carboxylic acids is 1. The van der Waals surface area contributed by atoms with Gasteiger partial charge >= 0.3 is 0 Å². The molecule has 1 unspecified atom stereocenters. The Kier molecular flexibility index (Phi) is 11.4. The zero-order valence-corrected chi connectivity index (χ0v) is 39.8. The molecule has 0 amide bonds. The van der Waals surface area contributed by atoms with Crippen molar-refractivity contribution in [1.82, 2.24) is 0 Å². The number of carbonyl (C=O) groups is 1. The third kappa shape index (κ3) is 7.31. The first-order chi connectivity index (χ1) is 25.7. The summed E-state index contributed by atoms with van der Waals surface area (Å²) in [4.78, 5) is 14.8. The topological polar surface area (TPSA) is 72.5 Å². The number of hydrogen-bond donors (Lipinski definition) is 0. The largest absolute Gasteiger partial charge is 0.413 e. The molecule has 0 N–H and O–H groups in total. The van der Waals surface area contributed by atoms with Gasteiger partial charge in [0.05, 0.1) is 12.7 Å². The summed E-state index contributed by atoms with van der Waals surface area (Å²) in [5, 5.41) is 2.18. The molecule has 10 heteroatoms. The van der Waals surface area contributed by atoms with E-state index in [0.29, 0.717) is 25.9 Å². The second-order valence-corrected chi connectivity index (χ2v) is 34.5. The van der Waals surface area contributed by atoms with Crippen LogP contribution in [0.1, 0.15) is 81.6 Å². The zero-order valence-electron chi connectivity index (χ0n) is 36.8. The number of ether oxygens (including phenoxy) is 3. The lowest BCUT2D eigenvalue weighted by atomic mass is 9.57. The molecular weight excluding hydrogens is 749 g/mol. The van der Waals surface area contributed by atoms with Gasteiger partial charge in [0.1, 0.15) is 29.2 Å². The van der Waals surface area contributed by atoms with Crippen molar-refractivity contribution in [2.45, 2.75) is 160 Å². The molecule has 0 radical (unpaired) electrons. The maximum atomic E-state index is 14.8. The first-order valence-electron chi connectivity index (χ1n) is 20.8. The Morgan fingerprint density at radius 1 is 0.857 bits per heavy atom. The predicted molar refractivity (Wildman–Crippen MR) is 234 cm³/mol. The summed E-state index contributed by atoms with van der Waals surface area (Å²) in [7, 11) is -7.43.